The normalized spacial score (nSPS) is 17.7. The quantitative estimate of drug-likeness (QED) is 0.859. The number of carboxylic acids is 1. The highest BCUT2D eigenvalue weighted by molar-refractivity contribution is 5.91. The Balaban J connectivity index is 2.27. The third kappa shape index (κ3) is 3.63. The van der Waals surface area contributed by atoms with Gasteiger partial charge in [-0.15, -0.1) is 0 Å². The van der Waals surface area contributed by atoms with Crippen LogP contribution in [0, 0.1) is 0 Å². The number of aliphatic carboxylic acids is 1. The number of amides is 2. The van der Waals surface area contributed by atoms with E-state index in [0.717, 1.165) is 12.8 Å². The van der Waals surface area contributed by atoms with E-state index in [4.69, 9.17) is 5.11 Å². The molecule has 0 radical (unpaired) electrons. The van der Waals surface area contributed by atoms with Crippen LogP contribution in [0.4, 0.5) is 0 Å². The lowest BCUT2D eigenvalue weighted by Crippen LogP contribution is -2.49. The van der Waals surface area contributed by atoms with Gasteiger partial charge in [-0.05, 0) is 25.3 Å². The van der Waals surface area contributed by atoms with Crippen LogP contribution in [0.3, 0.4) is 0 Å². The Kier molecular flexibility index (Phi) is 5.14. The monoisotopic (exact) mass is 304 g/mol. The molecule has 0 aliphatic carbocycles. The van der Waals surface area contributed by atoms with Crippen LogP contribution in [0.2, 0.25) is 0 Å². The highest BCUT2D eigenvalue weighted by Gasteiger charge is 2.33. The number of benzene rings is 1. The lowest BCUT2D eigenvalue weighted by molar-refractivity contribution is -0.145. The topological polar surface area (TPSA) is 86.7 Å². The first-order valence-corrected chi connectivity index (χ1v) is 7.38. The van der Waals surface area contributed by atoms with Crippen molar-refractivity contribution in [2.45, 2.75) is 38.3 Å². The number of hydrogen-bond acceptors (Lipinski definition) is 3. The van der Waals surface area contributed by atoms with E-state index in [-0.39, 0.29) is 5.91 Å². The first-order chi connectivity index (χ1) is 10.5. The van der Waals surface area contributed by atoms with Crippen molar-refractivity contribution in [1.29, 1.82) is 0 Å². The third-order valence-corrected chi connectivity index (χ3v) is 3.76. The number of likely N-dealkylation sites (tertiary alicyclic amines) is 1. The molecule has 1 aromatic carbocycles. The lowest BCUT2D eigenvalue weighted by atomic mass is 10.00. The number of nitrogens with zero attached hydrogens (tertiary/aromatic N) is 1. The van der Waals surface area contributed by atoms with Gasteiger partial charge in [0.25, 0.3) is 0 Å². The summed E-state index contributed by atoms with van der Waals surface area (Å²) in [5.74, 6) is -1.64. The van der Waals surface area contributed by atoms with Gasteiger partial charge in [0, 0.05) is 13.0 Å². The minimum Gasteiger partial charge on any atom is -0.480 e. The predicted octanol–water partition coefficient (Wildman–Crippen LogP) is 1.33. The van der Waals surface area contributed by atoms with Crippen LogP contribution in [0.25, 0.3) is 0 Å². The van der Waals surface area contributed by atoms with E-state index in [9.17, 15) is 14.4 Å². The van der Waals surface area contributed by atoms with Crippen molar-refractivity contribution in [3.63, 3.8) is 0 Å². The zero-order chi connectivity index (χ0) is 16.1. The fourth-order valence-corrected chi connectivity index (χ4v) is 2.56. The summed E-state index contributed by atoms with van der Waals surface area (Å²) in [7, 11) is 0. The first kappa shape index (κ1) is 16.0. The lowest BCUT2D eigenvalue weighted by Gasteiger charge is -2.34. The maximum Gasteiger partial charge on any atom is 0.325 e. The molecular formula is C16H20N2O4. The molecule has 1 heterocycles. The Morgan fingerprint density at radius 2 is 1.91 bits per heavy atom. The molecule has 0 saturated carbocycles. The zero-order valence-corrected chi connectivity index (χ0v) is 12.5. The molecule has 1 unspecified atom stereocenters. The van der Waals surface area contributed by atoms with Gasteiger partial charge in [0.15, 0.2) is 0 Å². The van der Waals surface area contributed by atoms with Crippen LogP contribution in [0.5, 0.6) is 0 Å². The van der Waals surface area contributed by atoms with E-state index in [1.54, 1.807) is 29.2 Å². The van der Waals surface area contributed by atoms with Crippen LogP contribution in [-0.2, 0) is 14.4 Å². The van der Waals surface area contributed by atoms with E-state index >= 15 is 0 Å². The molecule has 0 spiro atoms. The van der Waals surface area contributed by atoms with Gasteiger partial charge in [-0.3, -0.25) is 14.4 Å². The average molecular weight is 304 g/mol. The van der Waals surface area contributed by atoms with Crippen molar-refractivity contribution >= 4 is 17.8 Å². The number of piperidine rings is 1. The van der Waals surface area contributed by atoms with Gasteiger partial charge < -0.3 is 15.3 Å². The van der Waals surface area contributed by atoms with Crippen molar-refractivity contribution in [3.05, 3.63) is 35.9 Å². The van der Waals surface area contributed by atoms with Crippen molar-refractivity contribution in [2.75, 3.05) is 6.54 Å². The van der Waals surface area contributed by atoms with Crippen molar-refractivity contribution in [3.8, 4) is 0 Å². The van der Waals surface area contributed by atoms with E-state index in [1.165, 1.54) is 6.92 Å². The minimum atomic E-state index is -1.11. The first-order valence-electron chi connectivity index (χ1n) is 7.38. The highest BCUT2D eigenvalue weighted by Crippen LogP contribution is 2.25. The fourth-order valence-electron chi connectivity index (χ4n) is 2.56. The molecule has 1 aliphatic rings. The zero-order valence-electron chi connectivity index (χ0n) is 12.5. The smallest absolute Gasteiger partial charge is 0.325 e. The second kappa shape index (κ2) is 7.06. The Hall–Kier alpha value is -2.37. The number of carboxylic acid groups (broad SMARTS) is 1. The Labute approximate surface area is 129 Å². The fraction of sp³-hybridized carbons (Fsp3) is 0.438. The van der Waals surface area contributed by atoms with Crippen LogP contribution < -0.4 is 5.32 Å². The van der Waals surface area contributed by atoms with Crippen molar-refractivity contribution in [1.82, 2.24) is 10.2 Å². The van der Waals surface area contributed by atoms with Crippen LogP contribution >= 0.6 is 0 Å². The standard InChI is InChI=1S/C16H20N2O4/c1-11(16(21)22)17-15(20)14(12-7-3-2-4-8-12)18-10-6-5-9-13(18)19/h2-4,7-8,11,14H,5-6,9-10H2,1H3,(H,17,20)(H,21,22)/t11-,14?/m0/s1. The molecule has 0 bridgehead atoms. The van der Waals surface area contributed by atoms with E-state index in [1.807, 2.05) is 6.07 Å². The second-order valence-electron chi connectivity index (χ2n) is 5.43. The molecule has 0 aromatic heterocycles. The summed E-state index contributed by atoms with van der Waals surface area (Å²) in [6.45, 7) is 1.91. The summed E-state index contributed by atoms with van der Waals surface area (Å²) in [5.41, 5.74) is 0.688. The molecular weight excluding hydrogens is 284 g/mol. The summed E-state index contributed by atoms with van der Waals surface area (Å²) in [6.07, 6.45) is 2.09. The maximum atomic E-state index is 12.5. The minimum absolute atomic E-state index is 0.0711. The Bertz CT molecular complexity index is 559. The molecule has 1 aliphatic heterocycles. The Morgan fingerprint density at radius 3 is 2.50 bits per heavy atom. The molecule has 6 heteroatoms. The summed E-state index contributed by atoms with van der Waals surface area (Å²) >= 11 is 0. The molecule has 2 N–H and O–H groups in total. The summed E-state index contributed by atoms with van der Waals surface area (Å²) in [6, 6.07) is 7.19. The van der Waals surface area contributed by atoms with Gasteiger partial charge in [0.1, 0.15) is 12.1 Å². The number of carbonyl (C=O) groups excluding carboxylic acids is 2. The average Bonchev–Trinajstić information content (AvgIpc) is 2.50. The number of rotatable bonds is 5. The Morgan fingerprint density at radius 1 is 1.23 bits per heavy atom. The van der Waals surface area contributed by atoms with Crippen molar-refractivity contribution < 1.29 is 19.5 Å². The summed E-state index contributed by atoms with van der Waals surface area (Å²) in [5, 5.41) is 11.4. The summed E-state index contributed by atoms with van der Waals surface area (Å²) < 4.78 is 0. The van der Waals surface area contributed by atoms with Crippen molar-refractivity contribution in [2.24, 2.45) is 0 Å². The molecule has 2 atom stereocenters. The van der Waals surface area contributed by atoms with Crippen LogP contribution in [-0.4, -0.2) is 40.4 Å². The van der Waals surface area contributed by atoms with E-state index < -0.39 is 24.0 Å². The van der Waals surface area contributed by atoms with Gasteiger partial charge in [-0.2, -0.15) is 0 Å². The van der Waals surface area contributed by atoms with Crippen LogP contribution in [0.15, 0.2) is 30.3 Å². The maximum absolute atomic E-state index is 12.5. The third-order valence-electron chi connectivity index (χ3n) is 3.76. The van der Waals surface area contributed by atoms with E-state index in [0.29, 0.717) is 18.5 Å². The predicted molar refractivity (Wildman–Crippen MR) is 80.0 cm³/mol. The molecule has 6 nitrogen and oxygen atoms in total. The molecule has 1 fully saturated rings. The molecule has 1 saturated heterocycles. The largest absolute Gasteiger partial charge is 0.480 e. The van der Waals surface area contributed by atoms with E-state index in [2.05, 4.69) is 5.32 Å². The molecule has 118 valence electrons. The van der Waals surface area contributed by atoms with Gasteiger partial charge in [-0.25, -0.2) is 0 Å². The highest BCUT2D eigenvalue weighted by atomic mass is 16.4. The number of carbonyl (C=O) groups is 3. The summed E-state index contributed by atoms with van der Waals surface area (Å²) in [4.78, 5) is 37.2. The van der Waals surface area contributed by atoms with Gasteiger partial charge >= 0.3 is 5.97 Å². The molecule has 2 amide bonds. The molecule has 1 aromatic rings. The van der Waals surface area contributed by atoms with Gasteiger partial charge in [0.2, 0.25) is 11.8 Å². The molecule has 22 heavy (non-hydrogen) atoms. The second-order valence-corrected chi connectivity index (χ2v) is 5.43. The van der Waals surface area contributed by atoms with Crippen LogP contribution in [0.1, 0.15) is 37.8 Å². The van der Waals surface area contributed by atoms with Gasteiger partial charge in [-0.1, -0.05) is 30.3 Å². The number of hydrogen-bond donors (Lipinski definition) is 2. The van der Waals surface area contributed by atoms with Gasteiger partial charge in [0.05, 0.1) is 0 Å². The molecule has 2 rings (SSSR count). The number of nitrogens with one attached hydrogen (secondary N) is 1. The SMILES string of the molecule is C[C@H](NC(=O)C(c1ccccc1)N1CCCCC1=O)C(=O)O.